The predicted octanol–water partition coefficient (Wildman–Crippen LogP) is 4.92. The van der Waals surface area contributed by atoms with Gasteiger partial charge in [-0.1, -0.05) is 23.4 Å². The number of thiazole rings is 1. The Morgan fingerprint density at radius 3 is 2.69 bits per heavy atom. The monoisotopic (exact) mass is 546 g/mol. The van der Waals surface area contributed by atoms with Crippen LogP contribution in [-0.2, 0) is 27.5 Å². The molecular weight excluding hydrogens is 524 g/mol. The van der Waals surface area contributed by atoms with E-state index >= 15 is 0 Å². The van der Waals surface area contributed by atoms with E-state index in [1.165, 1.54) is 23.1 Å². The summed E-state index contributed by atoms with van der Waals surface area (Å²) < 4.78 is 18.3. The van der Waals surface area contributed by atoms with Gasteiger partial charge in [-0.2, -0.15) is 0 Å². The van der Waals surface area contributed by atoms with Crippen molar-refractivity contribution in [3.8, 4) is 5.75 Å². The normalized spacial score (nSPS) is 11.9. The molecule has 0 bridgehead atoms. The number of ether oxygens (including phenoxy) is 2. The van der Waals surface area contributed by atoms with Gasteiger partial charge in [-0.3, -0.25) is 14.2 Å². The number of thioether (sulfide) groups is 1. The van der Waals surface area contributed by atoms with Crippen molar-refractivity contribution in [2.45, 2.75) is 38.1 Å². The third-order valence-electron chi connectivity index (χ3n) is 4.94. The first-order valence-electron chi connectivity index (χ1n) is 11.0. The van der Waals surface area contributed by atoms with E-state index < -0.39 is 11.9 Å². The molecule has 0 saturated carbocycles. The molecule has 0 unspecified atom stereocenters. The number of aromatic nitrogens is 4. The minimum absolute atomic E-state index is 0.0174. The van der Waals surface area contributed by atoms with Crippen molar-refractivity contribution in [3.05, 3.63) is 75.4 Å². The molecule has 188 valence electrons. The van der Waals surface area contributed by atoms with E-state index in [9.17, 15) is 9.59 Å². The standard InChI is InChI=1S/C24H23ClN4O5S2/c1-3-32-23(31)21(22-26-15(2)13-35-22)19(30)14-36-24-28-27-20(29(24)11-18-5-4-10-33-18)12-34-17-8-6-16(25)7-9-17/h4-10,13,21H,3,11-12,14H2,1-2H3/t21-/m0/s1. The van der Waals surface area contributed by atoms with E-state index in [1.807, 2.05) is 17.6 Å². The highest BCUT2D eigenvalue weighted by atomic mass is 35.5. The van der Waals surface area contributed by atoms with E-state index in [-0.39, 0.29) is 24.7 Å². The van der Waals surface area contributed by atoms with Crippen LogP contribution in [0.15, 0.2) is 57.6 Å². The second kappa shape index (κ2) is 12.2. The Bertz CT molecular complexity index is 1300. The molecule has 0 N–H and O–H groups in total. The lowest BCUT2D eigenvalue weighted by Crippen LogP contribution is -2.26. The molecule has 4 rings (SSSR count). The van der Waals surface area contributed by atoms with E-state index in [2.05, 4.69) is 15.2 Å². The highest BCUT2D eigenvalue weighted by molar-refractivity contribution is 7.99. The number of furan rings is 1. The number of esters is 1. The summed E-state index contributed by atoms with van der Waals surface area (Å²) >= 11 is 8.39. The van der Waals surface area contributed by atoms with Crippen molar-refractivity contribution in [1.29, 1.82) is 0 Å². The van der Waals surface area contributed by atoms with Crippen LogP contribution in [0.5, 0.6) is 5.75 Å². The maximum absolute atomic E-state index is 13.1. The molecule has 0 amide bonds. The summed E-state index contributed by atoms with van der Waals surface area (Å²) in [5.41, 5.74) is 0.744. The van der Waals surface area contributed by atoms with E-state index in [0.717, 1.165) is 5.69 Å². The molecule has 9 nitrogen and oxygen atoms in total. The summed E-state index contributed by atoms with van der Waals surface area (Å²) in [5.74, 6) is -0.146. The summed E-state index contributed by atoms with van der Waals surface area (Å²) in [6.07, 6.45) is 1.58. The Morgan fingerprint density at radius 2 is 2.03 bits per heavy atom. The van der Waals surface area contributed by atoms with Crippen LogP contribution in [0.3, 0.4) is 0 Å². The van der Waals surface area contributed by atoms with Gasteiger partial charge in [0.2, 0.25) is 0 Å². The lowest BCUT2D eigenvalue weighted by atomic mass is 10.1. The van der Waals surface area contributed by atoms with E-state index in [0.29, 0.717) is 39.1 Å². The number of Topliss-reactive ketones (excluding diaryl/α,β-unsaturated/α-hetero) is 1. The molecule has 3 aromatic heterocycles. The molecule has 0 radical (unpaired) electrons. The summed E-state index contributed by atoms with van der Waals surface area (Å²) in [6, 6.07) is 10.6. The van der Waals surface area contributed by atoms with Crippen molar-refractivity contribution < 1.29 is 23.5 Å². The number of hydrogen-bond donors (Lipinski definition) is 0. The number of rotatable bonds is 12. The lowest BCUT2D eigenvalue weighted by Gasteiger charge is -2.13. The fourth-order valence-electron chi connectivity index (χ4n) is 3.25. The Morgan fingerprint density at radius 1 is 1.22 bits per heavy atom. The Balaban J connectivity index is 1.51. The van der Waals surface area contributed by atoms with Gasteiger partial charge in [-0.25, -0.2) is 4.98 Å². The molecule has 0 fully saturated rings. The zero-order valence-corrected chi connectivity index (χ0v) is 21.9. The first-order chi connectivity index (χ1) is 17.4. The molecule has 0 aliphatic rings. The average Bonchev–Trinajstić information content (AvgIpc) is 3.61. The second-order valence-electron chi connectivity index (χ2n) is 7.57. The maximum atomic E-state index is 13.1. The van der Waals surface area contributed by atoms with Crippen molar-refractivity contribution >= 4 is 46.5 Å². The lowest BCUT2D eigenvalue weighted by molar-refractivity contribution is -0.147. The molecule has 4 aromatic rings. The van der Waals surface area contributed by atoms with Gasteiger partial charge in [0.15, 0.2) is 22.7 Å². The summed E-state index contributed by atoms with van der Waals surface area (Å²) in [6.45, 7) is 4.18. The Kier molecular flexibility index (Phi) is 8.79. The molecule has 1 aromatic carbocycles. The van der Waals surface area contributed by atoms with Gasteiger partial charge in [0.25, 0.3) is 0 Å². The van der Waals surface area contributed by atoms with Gasteiger partial charge < -0.3 is 13.9 Å². The van der Waals surface area contributed by atoms with Crippen molar-refractivity contribution in [2.24, 2.45) is 0 Å². The maximum Gasteiger partial charge on any atom is 0.323 e. The zero-order chi connectivity index (χ0) is 25.5. The number of ketones is 1. The van der Waals surface area contributed by atoms with Crippen molar-refractivity contribution in [3.63, 3.8) is 0 Å². The molecular formula is C24H23ClN4O5S2. The molecule has 0 saturated heterocycles. The third-order valence-corrected chi connectivity index (χ3v) is 7.21. The number of hydrogen-bond acceptors (Lipinski definition) is 10. The summed E-state index contributed by atoms with van der Waals surface area (Å²) in [5, 5.41) is 11.9. The van der Waals surface area contributed by atoms with Gasteiger partial charge in [0.05, 0.1) is 25.2 Å². The summed E-state index contributed by atoms with van der Waals surface area (Å²) in [7, 11) is 0. The number of carbonyl (C=O) groups is 2. The minimum atomic E-state index is -1.08. The van der Waals surface area contributed by atoms with Gasteiger partial charge in [0, 0.05) is 16.1 Å². The number of halogens is 1. The largest absolute Gasteiger partial charge is 0.486 e. The summed E-state index contributed by atoms with van der Waals surface area (Å²) in [4.78, 5) is 30.1. The van der Waals surface area contributed by atoms with Gasteiger partial charge in [0.1, 0.15) is 23.1 Å². The van der Waals surface area contributed by atoms with Crippen molar-refractivity contribution in [1.82, 2.24) is 19.7 Å². The van der Waals surface area contributed by atoms with E-state index in [1.54, 1.807) is 48.9 Å². The van der Waals surface area contributed by atoms with Crippen molar-refractivity contribution in [2.75, 3.05) is 12.4 Å². The van der Waals surface area contributed by atoms with Crippen LogP contribution in [-0.4, -0.2) is 43.9 Å². The van der Waals surface area contributed by atoms with Gasteiger partial charge >= 0.3 is 5.97 Å². The average molecular weight is 547 g/mol. The molecule has 0 aliphatic carbocycles. The van der Waals surface area contributed by atoms with E-state index in [4.69, 9.17) is 25.5 Å². The third kappa shape index (κ3) is 6.54. The Labute approximate surface area is 220 Å². The smallest absolute Gasteiger partial charge is 0.323 e. The predicted molar refractivity (Wildman–Crippen MR) is 136 cm³/mol. The molecule has 0 aliphatic heterocycles. The SMILES string of the molecule is CCOC(=O)[C@@H](C(=O)CSc1nnc(COc2ccc(Cl)cc2)n1Cc1ccco1)c1nc(C)cs1. The first-order valence-corrected chi connectivity index (χ1v) is 13.3. The molecule has 12 heteroatoms. The van der Waals surface area contributed by atoms with Crippen LogP contribution in [0.25, 0.3) is 0 Å². The molecule has 1 atom stereocenters. The van der Waals surface area contributed by atoms with Crippen LogP contribution in [0.4, 0.5) is 0 Å². The quantitative estimate of drug-likeness (QED) is 0.139. The minimum Gasteiger partial charge on any atom is -0.486 e. The second-order valence-corrected chi connectivity index (χ2v) is 9.84. The molecule has 3 heterocycles. The van der Waals surface area contributed by atoms with Crippen LogP contribution >= 0.6 is 34.7 Å². The first kappa shape index (κ1) is 25.9. The van der Waals surface area contributed by atoms with Gasteiger partial charge in [-0.05, 0) is 50.2 Å². The number of aryl methyl sites for hydroxylation is 1. The van der Waals surface area contributed by atoms with Crippen LogP contribution in [0, 0.1) is 6.92 Å². The molecule has 0 spiro atoms. The topological polar surface area (TPSA) is 109 Å². The van der Waals surface area contributed by atoms with Crippen LogP contribution < -0.4 is 4.74 Å². The molecule has 36 heavy (non-hydrogen) atoms. The number of nitrogens with zero attached hydrogens (tertiary/aromatic N) is 4. The number of benzene rings is 1. The zero-order valence-electron chi connectivity index (χ0n) is 19.5. The Hall–Kier alpha value is -3.15. The fourth-order valence-corrected chi connectivity index (χ4v) is 5.14. The highest BCUT2D eigenvalue weighted by Crippen LogP contribution is 2.27. The number of carbonyl (C=O) groups excluding carboxylic acids is 2. The van der Waals surface area contributed by atoms with Crippen LogP contribution in [0.2, 0.25) is 5.02 Å². The fraction of sp³-hybridized carbons (Fsp3) is 0.292. The van der Waals surface area contributed by atoms with Gasteiger partial charge in [-0.15, -0.1) is 21.5 Å². The highest BCUT2D eigenvalue weighted by Gasteiger charge is 2.33. The van der Waals surface area contributed by atoms with Crippen LogP contribution in [0.1, 0.15) is 35.1 Å².